The summed E-state index contributed by atoms with van der Waals surface area (Å²) in [5.74, 6) is 1.09. The number of rotatable bonds is 3. The van der Waals surface area contributed by atoms with E-state index in [1.54, 1.807) is 12.3 Å². The average Bonchev–Trinajstić information content (AvgIpc) is 3.09. The van der Waals surface area contributed by atoms with Gasteiger partial charge in [-0.1, -0.05) is 0 Å². The standard InChI is InChI=1S/C19H23BrN4O2/c20-18-16-9-15(10-21)26-17(16)11-22-19(18)23-12-4-6-24(7-5-12)13-2-1-3-14(25)8-13/h9,11-14,25H,1-8H2,(H,22,23)/t13-,14-/m0/s1. The molecular formula is C19H23BrN4O2. The molecule has 26 heavy (non-hydrogen) atoms. The number of anilines is 1. The van der Waals surface area contributed by atoms with E-state index in [-0.39, 0.29) is 6.10 Å². The predicted octanol–water partition coefficient (Wildman–Crippen LogP) is 3.64. The fourth-order valence-corrected chi connectivity index (χ4v) is 4.74. The van der Waals surface area contributed by atoms with Crippen LogP contribution in [-0.4, -0.2) is 46.3 Å². The van der Waals surface area contributed by atoms with Gasteiger partial charge in [-0.3, -0.25) is 0 Å². The van der Waals surface area contributed by atoms with E-state index in [1.807, 2.05) is 6.07 Å². The van der Waals surface area contributed by atoms with Crippen molar-refractivity contribution in [3.63, 3.8) is 0 Å². The highest BCUT2D eigenvalue weighted by atomic mass is 79.9. The highest BCUT2D eigenvalue weighted by Crippen LogP contribution is 2.33. The number of aliphatic hydroxyl groups excluding tert-OH is 1. The molecule has 1 aliphatic heterocycles. The van der Waals surface area contributed by atoms with Crippen LogP contribution >= 0.6 is 15.9 Å². The van der Waals surface area contributed by atoms with Gasteiger partial charge in [0.2, 0.25) is 5.76 Å². The molecule has 1 saturated carbocycles. The number of pyridine rings is 1. The molecular weight excluding hydrogens is 396 g/mol. The van der Waals surface area contributed by atoms with Crippen LogP contribution in [0.3, 0.4) is 0 Å². The second kappa shape index (κ2) is 7.55. The van der Waals surface area contributed by atoms with E-state index in [0.29, 0.717) is 23.4 Å². The zero-order valence-electron chi connectivity index (χ0n) is 14.6. The molecule has 3 heterocycles. The van der Waals surface area contributed by atoms with Gasteiger partial charge in [-0.05, 0) is 54.5 Å². The number of hydrogen-bond donors (Lipinski definition) is 2. The normalized spacial score (nSPS) is 25.3. The quantitative estimate of drug-likeness (QED) is 0.790. The van der Waals surface area contributed by atoms with Gasteiger partial charge < -0.3 is 19.7 Å². The Morgan fingerprint density at radius 3 is 2.85 bits per heavy atom. The summed E-state index contributed by atoms with van der Waals surface area (Å²) in [7, 11) is 0. The summed E-state index contributed by atoms with van der Waals surface area (Å²) in [6.45, 7) is 2.11. The summed E-state index contributed by atoms with van der Waals surface area (Å²) in [6.07, 6.45) is 7.89. The van der Waals surface area contributed by atoms with Crippen LogP contribution in [0, 0.1) is 11.3 Å². The van der Waals surface area contributed by atoms with Crippen LogP contribution in [0.15, 0.2) is 21.2 Å². The molecule has 7 heteroatoms. The lowest BCUT2D eigenvalue weighted by molar-refractivity contribution is 0.0514. The van der Waals surface area contributed by atoms with Gasteiger partial charge >= 0.3 is 0 Å². The van der Waals surface area contributed by atoms with E-state index in [9.17, 15) is 5.11 Å². The molecule has 2 aliphatic rings. The number of nitrogens with zero attached hydrogens (tertiary/aromatic N) is 3. The van der Waals surface area contributed by atoms with Crippen molar-refractivity contribution >= 4 is 32.7 Å². The molecule has 2 fully saturated rings. The number of furan rings is 1. The smallest absolute Gasteiger partial charge is 0.204 e. The second-order valence-corrected chi connectivity index (χ2v) is 8.14. The lowest BCUT2D eigenvalue weighted by Crippen LogP contribution is -2.47. The van der Waals surface area contributed by atoms with E-state index >= 15 is 0 Å². The molecule has 0 aromatic carbocycles. The zero-order valence-corrected chi connectivity index (χ0v) is 16.2. The average molecular weight is 419 g/mol. The first-order chi connectivity index (χ1) is 12.6. The van der Waals surface area contributed by atoms with E-state index in [4.69, 9.17) is 9.68 Å². The van der Waals surface area contributed by atoms with Crippen molar-refractivity contribution in [3.8, 4) is 6.07 Å². The highest BCUT2D eigenvalue weighted by molar-refractivity contribution is 9.10. The fraction of sp³-hybridized carbons (Fsp3) is 0.579. The number of halogens is 1. The maximum absolute atomic E-state index is 9.91. The van der Waals surface area contributed by atoms with Crippen LogP contribution in [0.4, 0.5) is 5.82 Å². The molecule has 138 valence electrons. The SMILES string of the molecule is N#Cc1cc2c(Br)c(NC3CCN([C@H]4CCC[C@H](O)C4)CC3)ncc2o1. The largest absolute Gasteiger partial charge is 0.444 e. The van der Waals surface area contributed by atoms with Crippen LogP contribution < -0.4 is 5.32 Å². The van der Waals surface area contributed by atoms with Gasteiger partial charge in [0.15, 0.2) is 5.58 Å². The molecule has 6 nitrogen and oxygen atoms in total. The van der Waals surface area contributed by atoms with Crippen molar-refractivity contribution < 1.29 is 9.52 Å². The summed E-state index contributed by atoms with van der Waals surface area (Å²) < 4.78 is 6.27. The maximum Gasteiger partial charge on any atom is 0.204 e. The Morgan fingerprint density at radius 1 is 1.31 bits per heavy atom. The molecule has 0 spiro atoms. The third-order valence-electron chi connectivity index (χ3n) is 5.63. The van der Waals surface area contributed by atoms with E-state index in [2.05, 4.69) is 31.1 Å². The van der Waals surface area contributed by atoms with E-state index in [0.717, 1.165) is 60.9 Å². The van der Waals surface area contributed by atoms with Crippen LogP contribution in [-0.2, 0) is 0 Å². The van der Waals surface area contributed by atoms with Crippen LogP contribution in [0.5, 0.6) is 0 Å². The van der Waals surface area contributed by atoms with Crippen molar-refractivity contribution in [1.82, 2.24) is 9.88 Å². The first-order valence-corrected chi connectivity index (χ1v) is 10.1. The van der Waals surface area contributed by atoms with Gasteiger partial charge in [0.25, 0.3) is 0 Å². The minimum absolute atomic E-state index is 0.121. The maximum atomic E-state index is 9.91. The molecule has 1 aliphatic carbocycles. The van der Waals surface area contributed by atoms with Gasteiger partial charge in [-0.2, -0.15) is 5.26 Å². The number of nitriles is 1. The number of hydrogen-bond acceptors (Lipinski definition) is 6. The topological polar surface area (TPSA) is 85.3 Å². The number of piperidine rings is 1. The number of nitrogens with one attached hydrogen (secondary N) is 1. The highest BCUT2D eigenvalue weighted by Gasteiger charge is 2.29. The monoisotopic (exact) mass is 418 g/mol. The second-order valence-electron chi connectivity index (χ2n) is 7.35. The van der Waals surface area contributed by atoms with E-state index in [1.165, 1.54) is 6.42 Å². The lowest BCUT2D eigenvalue weighted by atomic mass is 9.90. The summed E-state index contributed by atoms with van der Waals surface area (Å²) in [4.78, 5) is 7.00. The first-order valence-electron chi connectivity index (χ1n) is 9.31. The van der Waals surface area contributed by atoms with Gasteiger partial charge in [0.05, 0.1) is 16.8 Å². The summed E-state index contributed by atoms with van der Waals surface area (Å²) >= 11 is 3.60. The van der Waals surface area contributed by atoms with Crippen LogP contribution in [0.25, 0.3) is 11.0 Å². The van der Waals surface area contributed by atoms with Crippen LogP contribution in [0.2, 0.25) is 0 Å². The Hall–Kier alpha value is -1.62. The Balaban J connectivity index is 1.39. The van der Waals surface area contributed by atoms with Gasteiger partial charge in [0, 0.05) is 36.6 Å². The third-order valence-corrected chi connectivity index (χ3v) is 6.43. The molecule has 0 radical (unpaired) electrons. The lowest BCUT2D eigenvalue weighted by Gasteiger charge is -2.40. The summed E-state index contributed by atoms with van der Waals surface area (Å²) in [5, 5.41) is 23.3. The number of aliphatic hydroxyl groups is 1. The number of likely N-dealkylation sites (tertiary alicyclic amines) is 1. The summed E-state index contributed by atoms with van der Waals surface area (Å²) in [6, 6.07) is 4.68. The number of fused-ring (bicyclic) bond motifs is 1. The molecule has 0 unspecified atom stereocenters. The van der Waals surface area contributed by atoms with E-state index < -0.39 is 0 Å². The summed E-state index contributed by atoms with van der Waals surface area (Å²) in [5.41, 5.74) is 0.615. The molecule has 2 aromatic heterocycles. The molecule has 1 saturated heterocycles. The molecule has 2 N–H and O–H groups in total. The van der Waals surface area contributed by atoms with Gasteiger partial charge in [-0.25, -0.2) is 4.98 Å². The van der Waals surface area contributed by atoms with Gasteiger partial charge in [0.1, 0.15) is 11.9 Å². The molecule has 0 amide bonds. The van der Waals surface area contributed by atoms with Crippen molar-refractivity contribution in [2.45, 2.75) is 56.7 Å². The Bertz CT molecular complexity index is 823. The Labute approximate surface area is 161 Å². The molecule has 4 rings (SSSR count). The Kier molecular flexibility index (Phi) is 5.16. The van der Waals surface area contributed by atoms with Crippen molar-refractivity contribution in [3.05, 3.63) is 22.5 Å². The number of aromatic nitrogens is 1. The third kappa shape index (κ3) is 3.59. The van der Waals surface area contributed by atoms with Crippen molar-refractivity contribution in [1.29, 1.82) is 5.26 Å². The zero-order chi connectivity index (χ0) is 18.1. The van der Waals surface area contributed by atoms with Crippen molar-refractivity contribution in [2.24, 2.45) is 0 Å². The minimum atomic E-state index is -0.121. The Morgan fingerprint density at radius 2 is 2.12 bits per heavy atom. The minimum Gasteiger partial charge on any atom is -0.444 e. The van der Waals surface area contributed by atoms with Gasteiger partial charge in [-0.15, -0.1) is 0 Å². The molecule has 2 atom stereocenters. The first kappa shape index (κ1) is 17.8. The predicted molar refractivity (Wildman–Crippen MR) is 103 cm³/mol. The van der Waals surface area contributed by atoms with Crippen molar-refractivity contribution in [2.75, 3.05) is 18.4 Å². The molecule has 2 aromatic rings. The van der Waals surface area contributed by atoms with Crippen LogP contribution in [0.1, 0.15) is 44.3 Å². The fourth-order valence-electron chi connectivity index (χ4n) is 4.21. The molecule has 0 bridgehead atoms.